The number of hydrogen-bond donors (Lipinski definition) is 0. The number of nitrogens with zero attached hydrogens (tertiary/aromatic N) is 3. The van der Waals surface area contributed by atoms with Gasteiger partial charge in [-0.15, -0.1) is 11.3 Å². The van der Waals surface area contributed by atoms with E-state index >= 15 is 0 Å². The van der Waals surface area contributed by atoms with Crippen molar-refractivity contribution in [3.63, 3.8) is 0 Å². The maximum Gasteiger partial charge on any atom is 0.259 e. The van der Waals surface area contributed by atoms with Gasteiger partial charge in [-0.05, 0) is 51.0 Å². The fraction of sp³-hybridized carbons (Fsp3) is 0.227. The van der Waals surface area contributed by atoms with Crippen LogP contribution in [0.3, 0.4) is 0 Å². The molecule has 4 aromatic rings. The first-order valence-corrected chi connectivity index (χ1v) is 10.1. The van der Waals surface area contributed by atoms with Crippen molar-refractivity contribution in [1.29, 1.82) is 0 Å². The van der Waals surface area contributed by atoms with E-state index in [1.54, 1.807) is 11.3 Å². The Kier molecular flexibility index (Phi) is 3.84. The summed E-state index contributed by atoms with van der Waals surface area (Å²) in [6.45, 7) is 6.67. The van der Waals surface area contributed by atoms with Gasteiger partial charge in [0.25, 0.3) is 11.6 Å². The zero-order valence-corrected chi connectivity index (χ0v) is 16.8. The average Bonchev–Trinajstić information content (AvgIpc) is 3.37. The lowest BCUT2D eigenvalue weighted by molar-refractivity contribution is 0.0991. The fourth-order valence-corrected chi connectivity index (χ4v) is 4.91. The minimum atomic E-state index is -0.0329. The largest absolute Gasteiger partial charge is 0.335 e. The normalized spacial score (nSPS) is 13.3. The van der Waals surface area contributed by atoms with Crippen molar-refractivity contribution in [2.75, 3.05) is 11.4 Å². The van der Waals surface area contributed by atoms with Gasteiger partial charge in [-0.25, -0.2) is 4.98 Å². The molecule has 4 heterocycles. The molecule has 0 atom stereocenters. The molecule has 0 spiro atoms. The molecular formula is C22H19N3O2S. The van der Waals surface area contributed by atoms with Crippen LogP contribution in [-0.2, 0) is 6.42 Å². The van der Waals surface area contributed by atoms with Gasteiger partial charge in [-0.3, -0.25) is 4.79 Å². The SMILES string of the molecule is Cc1cc(-c2cc(C(=O)N3CCc4ccccc43)c3c(C)noc3n2)c(C)s1. The van der Waals surface area contributed by atoms with E-state index in [4.69, 9.17) is 4.52 Å². The number of para-hydroxylation sites is 1. The van der Waals surface area contributed by atoms with Crippen molar-refractivity contribution in [3.05, 3.63) is 63.0 Å². The summed E-state index contributed by atoms with van der Waals surface area (Å²) in [5.74, 6) is -0.0329. The van der Waals surface area contributed by atoms with E-state index < -0.39 is 0 Å². The second kappa shape index (κ2) is 6.27. The Morgan fingerprint density at radius 2 is 2.00 bits per heavy atom. The Morgan fingerprint density at radius 3 is 2.79 bits per heavy atom. The van der Waals surface area contributed by atoms with Crippen molar-refractivity contribution in [2.45, 2.75) is 27.2 Å². The van der Waals surface area contributed by atoms with Crippen LogP contribution in [0.5, 0.6) is 0 Å². The van der Waals surface area contributed by atoms with Crippen LogP contribution in [0.15, 0.2) is 40.9 Å². The molecule has 0 N–H and O–H groups in total. The zero-order valence-electron chi connectivity index (χ0n) is 15.9. The van der Waals surface area contributed by atoms with Gasteiger partial charge in [-0.2, -0.15) is 0 Å². The van der Waals surface area contributed by atoms with Crippen LogP contribution in [0.4, 0.5) is 5.69 Å². The first kappa shape index (κ1) is 17.1. The Hall–Kier alpha value is -2.99. The quantitative estimate of drug-likeness (QED) is 0.480. The number of carbonyl (C=O) groups is 1. The summed E-state index contributed by atoms with van der Waals surface area (Å²) in [5.41, 5.74) is 5.66. The van der Waals surface area contributed by atoms with E-state index in [1.165, 1.54) is 15.3 Å². The number of aryl methyl sites for hydroxylation is 3. The molecule has 5 rings (SSSR count). The summed E-state index contributed by atoms with van der Waals surface area (Å²) >= 11 is 1.72. The Morgan fingerprint density at radius 1 is 1.18 bits per heavy atom. The number of anilines is 1. The van der Waals surface area contributed by atoms with E-state index in [9.17, 15) is 4.79 Å². The number of aromatic nitrogens is 2. The van der Waals surface area contributed by atoms with Crippen molar-refractivity contribution < 1.29 is 9.32 Å². The molecule has 6 heteroatoms. The van der Waals surface area contributed by atoms with Crippen molar-refractivity contribution in [2.24, 2.45) is 0 Å². The second-order valence-corrected chi connectivity index (χ2v) is 8.63. The molecule has 0 saturated carbocycles. The maximum atomic E-state index is 13.6. The molecule has 0 aliphatic carbocycles. The van der Waals surface area contributed by atoms with Crippen molar-refractivity contribution in [3.8, 4) is 11.3 Å². The molecule has 0 unspecified atom stereocenters. The molecule has 140 valence electrons. The van der Waals surface area contributed by atoms with E-state index in [0.717, 1.165) is 23.4 Å². The minimum absolute atomic E-state index is 0.0329. The molecule has 3 aromatic heterocycles. The second-order valence-electron chi connectivity index (χ2n) is 7.17. The highest BCUT2D eigenvalue weighted by atomic mass is 32.1. The van der Waals surface area contributed by atoms with Crippen LogP contribution in [0.25, 0.3) is 22.4 Å². The van der Waals surface area contributed by atoms with Gasteiger partial charge in [0, 0.05) is 27.5 Å². The first-order chi connectivity index (χ1) is 13.5. The third-order valence-corrected chi connectivity index (χ3v) is 6.26. The number of amides is 1. The smallest absolute Gasteiger partial charge is 0.259 e. The summed E-state index contributed by atoms with van der Waals surface area (Å²) in [6.07, 6.45) is 0.869. The lowest BCUT2D eigenvalue weighted by atomic mass is 10.0. The van der Waals surface area contributed by atoms with Gasteiger partial charge in [0.2, 0.25) is 0 Å². The summed E-state index contributed by atoms with van der Waals surface area (Å²) in [5, 5.41) is 4.76. The molecule has 1 aliphatic rings. The topological polar surface area (TPSA) is 59.2 Å². The number of benzene rings is 1. The highest BCUT2D eigenvalue weighted by Gasteiger charge is 2.29. The van der Waals surface area contributed by atoms with Crippen LogP contribution in [0.1, 0.15) is 31.4 Å². The predicted octanol–water partition coefficient (Wildman–Crippen LogP) is 5.08. The van der Waals surface area contributed by atoms with E-state index in [2.05, 4.69) is 36.1 Å². The highest BCUT2D eigenvalue weighted by Crippen LogP contribution is 2.35. The summed E-state index contributed by atoms with van der Waals surface area (Å²) < 4.78 is 5.45. The maximum absolute atomic E-state index is 13.6. The van der Waals surface area contributed by atoms with Gasteiger partial charge in [0.15, 0.2) is 0 Å². The van der Waals surface area contributed by atoms with E-state index in [0.29, 0.717) is 28.9 Å². The molecule has 1 aromatic carbocycles. The van der Waals surface area contributed by atoms with Crippen LogP contribution in [0, 0.1) is 20.8 Å². The number of thiophene rings is 1. The minimum Gasteiger partial charge on any atom is -0.335 e. The zero-order chi connectivity index (χ0) is 19.4. The molecule has 0 saturated heterocycles. The van der Waals surface area contributed by atoms with Crippen LogP contribution < -0.4 is 4.90 Å². The lowest BCUT2D eigenvalue weighted by Gasteiger charge is -2.18. The third kappa shape index (κ3) is 2.56. The molecule has 1 amide bonds. The summed E-state index contributed by atoms with van der Waals surface area (Å²) in [7, 11) is 0. The number of pyridine rings is 1. The van der Waals surface area contributed by atoms with Crippen LogP contribution in [-0.4, -0.2) is 22.6 Å². The van der Waals surface area contributed by atoms with Gasteiger partial charge in [-0.1, -0.05) is 23.4 Å². The molecule has 28 heavy (non-hydrogen) atoms. The standard InChI is InChI=1S/C22H19N3O2S/c1-12-10-16(14(3)28-12)18-11-17(20-13(2)24-27-21(20)23-18)22(26)25-9-8-15-6-4-5-7-19(15)25/h4-7,10-11H,8-9H2,1-3H3. The summed E-state index contributed by atoms with van der Waals surface area (Å²) in [6, 6.07) is 12.1. The first-order valence-electron chi connectivity index (χ1n) is 9.27. The molecule has 0 fully saturated rings. The fourth-order valence-electron chi connectivity index (χ4n) is 3.98. The number of rotatable bonds is 2. The monoisotopic (exact) mass is 389 g/mol. The van der Waals surface area contributed by atoms with E-state index in [1.807, 2.05) is 36.1 Å². The van der Waals surface area contributed by atoms with Gasteiger partial charge in [0.05, 0.1) is 22.3 Å². The molecule has 0 bridgehead atoms. The average molecular weight is 389 g/mol. The van der Waals surface area contributed by atoms with Gasteiger partial charge in [0.1, 0.15) is 0 Å². The number of carbonyl (C=O) groups excluding carboxylic acids is 1. The van der Waals surface area contributed by atoms with Crippen LogP contribution in [0.2, 0.25) is 0 Å². The van der Waals surface area contributed by atoms with Crippen LogP contribution >= 0.6 is 11.3 Å². The molecular weight excluding hydrogens is 370 g/mol. The predicted molar refractivity (Wildman–Crippen MR) is 111 cm³/mol. The molecule has 0 radical (unpaired) electrons. The van der Waals surface area contributed by atoms with Gasteiger partial charge < -0.3 is 9.42 Å². The number of fused-ring (bicyclic) bond motifs is 2. The lowest BCUT2D eigenvalue weighted by Crippen LogP contribution is -2.29. The third-order valence-electron chi connectivity index (χ3n) is 5.30. The number of hydrogen-bond acceptors (Lipinski definition) is 5. The Labute approximate surface area is 166 Å². The molecule has 1 aliphatic heterocycles. The van der Waals surface area contributed by atoms with Crippen molar-refractivity contribution in [1.82, 2.24) is 10.1 Å². The Balaban J connectivity index is 1.69. The Bertz CT molecular complexity index is 1240. The summed E-state index contributed by atoms with van der Waals surface area (Å²) in [4.78, 5) is 22.5. The molecule has 5 nitrogen and oxygen atoms in total. The van der Waals surface area contributed by atoms with Gasteiger partial charge >= 0.3 is 0 Å². The highest BCUT2D eigenvalue weighted by molar-refractivity contribution is 7.12. The van der Waals surface area contributed by atoms with Crippen molar-refractivity contribution >= 4 is 34.0 Å². The van der Waals surface area contributed by atoms with E-state index in [-0.39, 0.29) is 5.91 Å².